The zero-order valence-electron chi connectivity index (χ0n) is 17.2. The van der Waals surface area contributed by atoms with Crippen LogP contribution in [-0.2, 0) is 9.53 Å². The number of rotatable bonds is 11. The summed E-state index contributed by atoms with van der Waals surface area (Å²) in [4.78, 5) is 39.5. The number of amides is 3. The minimum absolute atomic E-state index is 0.0887. The molecule has 1 rings (SSSR count). The van der Waals surface area contributed by atoms with Crippen LogP contribution in [0.4, 0.5) is 5.69 Å². The molecule has 1 atom stereocenters. The number of benzene rings is 1. The molecule has 0 aromatic heterocycles. The van der Waals surface area contributed by atoms with Gasteiger partial charge in [0.05, 0.1) is 55.9 Å². The zero-order chi connectivity index (χ0) is 24.6. The summed E-state index contributed by atoms with van der Waals surface area (Å²) < 4.78 is 5.83. The quantitative estimate of drug-likeness (QED) is 0.165. The molecule has 0 saturated carbocycles. The van der Waals surface area contributed by atoms with E-state index in [1.54, 1.807) is 0 Å². The van der Waals surface area contributed by atoms with Crippen molar-refractivity contribution in [2.45, 2.75) is 12.1 Å². The number of hydrogen-bond donors (Lipinski definition) is 6. The number of nitrogens with one attached hydrogen (secondary N) is 2. The lowest BCUT2D eigenvalue weighted by molar-refractivity contribution is -0.119. The molecule has 3 amide bonds. The number of likely N-dealkylation sites (N-methyl/N-ethyl adjacent to an activating group) is 1. The Morgan fingerprint density at radius 2 is 1.56 bits per heavy atom. The summed E-state index contributed by atoms with van der Waals surface area (Å²) in [5.41, 5.74) is 0.412. The van der Waals surface area contributed by atoms with Crippen LogP contribution in [0, 0.1) is 10.7 Å². The van der Waals surface area contributed by atoms with Gasteiger partial charge in [0.1, 0.15) is 6.61 Å². The molecule has 0 heterocycles. The summed E-state index contributed by atoms with van der Waals surface area (Å²) >= 11 is 5.61. The maximum atomic E-state index is 13.3. The van der Waals surface area contributed by atoms with Crippen LogP contribution < -0.4 is 10.6 Å². The van der Waals surface area contributed by atoms with Crippen LogP contribution in [-0.4, -0.2) is 102 Å². The van der Waals surface area contributed by atoms with Crippen molar-refractivity contribution in [3.63, 3.8) is 0 Å². The third kappa shape index (κ3) is 7.31. The molecule has 0 saturated heterocycles. The molecule has 0 spiro atoms. The molecule has 180 valence electrons. The van der Waals surface area contributed by atoms with E-state index in [0.717, 1.165) is 4.90 Å². The van der Waals surface area contributed by atoms with Gasteiger partial charge in [0.2, 0.25) is 5.91 Å². The number of methoxy groups -OCH3 is 1. The molecule has 11 nitrogen and oxygen atoms in total. The fourth-order valence-electron chi connectivity index (χ4n) is 2.48. The minimum Gasteiger partial charge on any atom is -0.394 e. The maximum absolute atomic E-state index is 13.3. The van der Waals surface area contributed by atoms with Crippen molar-refractivity contribution < 1.29 is 39.5 Å². The second-order valence-corrected chi connectivity index (χ2v) is 9.77. The molecule has 0 aliphatic rings. The first-order chi connectivity index (χ1) is 15.0. The fraction of sp³-hybridized carbons (Fsp3) is 0.500. The van der Waals surface area contributed by atoms with Crippen molar-refractivity contribution in [3.8, 4) is 0 Å². The van der Waals surface area contributed by atoms with Crippen LogP contribution >= 0.6 is 67.8 Å². The molecular formula is C18H24I3N3O8. The van der Waals surface area contributed by atoms with Crippen LogP contribution in [0.2, 0.25) is 0 Å². The monoisotopic (exact) mass is 791 g/mol. The van der Waals surface area contributed by atoms with E-state index in [1.807, 2.05) is 67.8 Å². The third-order valence-corrected chi connectivity index (χ3v) is 7.53. The molecule has 0 aliphatic carbocycles. The van der Waals surface area contributed by atoms with E-state index in [0.29, 0.717) is 7.14 Å². The molecule has 1 aromatic carbocycles. The van der Waals surface area contributed by atoms with Crippen LogP contribution in [0.5, 0.6) is 0 Å². The number of nitrogens with zero attached hydrogens (tertiary/aromatic N) is 1. The molecule has 0 fully saturated rings. The highest BCUT2D eigenvalue weighted by atomic mass is 127. The van der Waals surface area contributed by atoms with Gasteiger partial charge in [-0.15, -0.1) is 0 Å². The molecule has 1 unspecified atom stereocenters. The lowest BCUT2D eigenvalue weighted by atomic mass is 10.1. The van der Waals surface area contributed by atoms with E-state index in [2.05, 4.69) is 10.6 Å². The van der Waals surface area contributed by atoms with E-state index >= 15 is 0 Å². The molecule has 1 aromatic rings. The smallest absolute Gasteiger partial charge is 0.256 e. The topological polar surface area (TPSA) is 169 Å². The number of carbonyl (C=O) groups is 3. The predicted octanol–water partition coefficient (Wildman–Crippen LogP) is -0.407. The standard InChI is InChI=1S/C18H24I3N3O8/c1-24(8(4-25)5-26)18(31)12-13(19)11(17(30)22-3-9(28)6-27)14(20)16(15(12)21)23-10(29)7-32-2/h8-9,25-28H,3-7H2,1-2H3,(H,22,30)(H,23,29). The second-order valence-electron chi connectivity index (χ2n) is 6.53. The predicted molar refractivity (Wildman–Crippen MR) is 141 cm³/mol. The van der Waals surface area contributed by atoms with Crippen LogP contribution in [0.1, 0.15) is 20.7 Å². The van der Waals surface area contributed by atoms with Gasteiger partial charge in [-0.3, -0.25) is 14.4 Å². The zero-order valence-corrected chi connectivity index (χ0v) is 23.7. The summed E-state index contributed by atoms with van der Waals surface area (Å²) in [6.07, 6.45) is -1.17. The first-order valence-corrected chi connectivity index (χ1v) is 12.3. The second kappa shape index (κ2) is 14.1. The lowest BCUT2D eigenvalue weighted by Gasteiger charge is -2.27. The van der Waals surface area contributed by atoms with Gasteiger partial charge >= 0.3 is 0 Å². The van der Waals surface area contributed by atoms with Gasteiger partial charge in [-0.1, -0.05) is 0 Å². The van der Waals surface area contributed by atoms with Crippen LogP contribution in [0.3, 0.4) is 0 Å². The molecule has 14 heteroatoms. The Kier molecular flexibility index (Phi) is 13.1. The average Bonchev–Trinajstić information content (AvgIpc) is 2.75. The number of aliphatic hydroxyl groups excluding tert-OH is 4. The van der Waals surface area contributed by atoms with Crippen molar-refractivity contribution in [2.24, 2.45) is 0 Å². The fourth-order valence-corrected chi connectivity index (χ4v) is 6.86. The Balaban J connectivity index is 3.64. The third-order valence-electron chi connectivity index (χ3n) is 4.30. The average molecular weight is 791 g/mol. The number of aliphatic hydroxyl groups is 4. The Labute approximate surface area is 225 Å². The highest BCUT2D eigenvalue weighted by Crippen LogP contribution is 2.36. The van der Waals surface area contributed by atoms with Gasteiger partial charge in [0.15, 0.2) is 0 Å². The van der Waals surface area contributed by atoms with Gasteiger partial charge in [-0.05, 0) is 67.8 Å². The van der Waals surface area contributed by atoms with Crippen molar-refractivity contribution in [3.05, 3.63) is 21.8 Å². The van der Waals surface area contributed by atoms with Gasteiger partial charge in [-0.25, -0.2) is 0 Å². The molecule has 0 radical (unpaired) electrons. The summed E-state index contributed by atoms with van der Waals surface area (Å²) in [6.45, 7) is -1.96. The number of carbonyl (C=O) groups excluding carboxylic acids is 3. The largest absolute Gasteiger partial charge is 0.394 e. The van der Waals surface area contributed by atoms with E-state index in [-0.39, 0.29) is 33.5 Å². The van der Waals surface area contributed by atoms with Crippen LogP contribution in [0.25, 0.3) is 0 Å². The molecule has 32 heavy (non-hydrogen) atoms. The highest BCUT2D eigenvalue weighted by molar-refractivity contribution is 14.1. The molecule has 6 N–H and O–H groups in total. The van der Waals surface area contributed by atoms with Gasteiger partial charge < -0.3 is 40.7 Å². The normalized spacial score (nSPS) is 11.9. The highest BCUT2D eigenvalue weighted by Gasteiger charge is 2.31. The van der Waals surface area contributed by atoms with E-state index in [4.69, 9.17) is 9.84 Å². The Morgan fingerprint density at radius 3 is 2.06 bits per heavy atom. The summed E-state index contributed by atoms with van der Waals surface area (Å²) in [5, 5.41) is 42.6. The Hall–Kier alpha value is -0.380. The summed E-state index contributed by atoms with van der Waals surface area (Å²) in [7, 11) is 2.76. The van der Waals surface area contributed by atoms with Crippen molar-refractivity contribution in [2.75, 3.05) is 52.4 Å². The number of hydrogen-bond acceptors (Lipinski definition) is 8. The lowest BCUT2D eigenvalue weighted by Crippen LogP contribution is -2.43. The first-order valence-electron chi connectivity index (χ1n) is 9.10. The minimum atomic E-state index is -1.17. The van der Waals surface area contributed by atoms with Crippen molar-refractivity contribution in [1.29, 1.82) is 0 Å². The van der Waals surface area contributed by atoms with E-state index in [9.17, 15) is 29.7 Å². The Morgan fingerprint density at radius 1 is 1.00 bits per heavy atom. The van der Waals surface area contributed by atoms with Gasteiger partial charge in [0, 0.05) is 24.3 Å². The molecule has 0 aliphatic heterocycles. The molecular weight excluding hydrogens is 767 g/mol. The number of ether oxygens (including phenoxy) is 1. The van der Waals surface area contributed by atoms with Gasteiger partial charge in [-0.2, -0.15) is 0 Å². The van der Waals surface area contributed by atoms with E-state index in [1.165, 1.54) is 14.2 Å². The van der Waals surface area contributed by atoms with E-state index < -0.39 is 49.7 Å². The number of halogens is 3. The maximum Gasteiger partial charge on any atom is 0.256 e. The van der Waals surface area contributed by atoms with Crippen molar-refractivity contribution in [1.82, 2.24) is 10.2 Å². The first kappa shape index (κ1) is 29.7. The Bertz CT molecular complexity index is 851. The molecule has 0 bridgehead atoms. The van der Waals surface area contributed by atoms with Gasteiger partial charge in [0.25, 0.3) is 11.8 Å². The van der Waals surface area contributed by atoms with Crippen molar-refractivity contribution >= 4 is 91.2 Å². The summed E-state index contributed by atoms with van der Waals surface area (Å²) in [5.74, 6) is -1.69. The van der Waals surface area contributed by atoms with Crippen LogP contribution in [0.15, 0.2) is 0 Å². The number of anilines is 1. The summed E-state index contributed by atoms with van der Waals surface area (Å²) in [6, 6.07) is -0.864. The SMILES string of the molecule is COCC(=O)Nc1c(I)c(C(=O)NCC(O)CO)c(I)c(C(=O)N(C)C(CO)CO)c1I.